The highest BCUT2D eigenvalue weighted by atomic mass is 35.5. The molecule has 106 valence electrons. The Morgan fingerprint density at radius 2 is 2.05 bits per heavy atom. The number of unbranched alkanes of at least 4 members (excludes halogenated alkanes) is 1. The highest BCUT2D eigenvalue weighted by molar-refractivity contribution is 6.30. The van der Waals surface area contributed by atoms with E-state index in [1.807, 2.05) is 12.1 Å². The van der Waals surface area contributed by atoms with E-state index in [1.165, 1.54) is 0 Å². The van der Waals surface area contributed by atoms with Gasteiger partial charge in [0.05, 0.1) is 12.2 Å². The van der Waals surface area contributed by atoms with Crippen LogP contribution in [-0.2, 0) is 13.0 Å². The monoisotopic (exact) mass is 293 g/mol. The molecular weight excluding hydrogens is 278 g/mol. The summed E-state index contributed by atoms with van der Waals surface area (Å²) in [5.74, 6) is -1.03. The number of carboxylic acid groups (broad SMARTS) is 1. The number of nitrogens with zero attached hydrogens (tertiary/aromatic N) is 3. The molecule has 1 aromatic heterocycles. The van der Waals surface area contributed by atoms with E-state index in [4.69, 9.17) is 16.7 Å². The van der Waals surface area contributed by atoms with E-state index in [-0.39, 0.29) is 5.69 Å². The lowest BCUT2D eigenvalue weighted by Crippen LogP contribution is -2.09. The first-order chi connectivity index (χ1) is 9.61. The molecule has 0 saturated heterocycles. The normalized spacial score (nSPS) is 10.7. The number of aromatic nitrogens is 3. The Labute approximate surface area is 122 Å². The van der Waals surface area contributed by atoms with Crippen LogP contribution in [0.2, 0.25) is 5.02 Å². The number of benzene rings is 1. The van der Waals surface area contributed by atoms with E-state index in [2.05, 4.69) is 17.2 Å². The molecule has 5 nitrogen and oxygen atoms in total. The fraction of sp³-hybridized carbons (Fsp3) is 0.357. The van der Waals surface area contributed by atoms with Crippen molar-refractivity contribution in [1.29, 1.82) is 0 Å². The summed E-state index contributed by atoms with van der Waals surface area (Å²) >= 11 is 5.85. The quantitative estimate of drug-likeness (QED) is 0.889. The van der Waals surface area contributed by atoms with Gasteiger partial charge in [-0.05, 0) is 30.5 Å². The number of halogens is 1. The van der Waals surface area contributed by atoms with Gasteiger partial charge in [-0.2, -0.15) is 0 Å². The summed E-state index contributed by atoms with van der Waals surface area (Å²) in [6.07, 6.45) is 2.57. The topological polar surface area (TPSA) is 68.0 Å². The molecule has 0 aliphatic rings. The lowest BCUT2D eigenvalue weighted by Gasteiger charge is -2.07. The smallest absolute Gasteiger partial charge is 0.358 e. The highest BCUT2D eigenvalue weighted by Gasteiger charge is 2.18. The van der Waals surface area contributed by atoms with Crippen LogP contribution < -0.4 is 0 Å². The first kappa shape index (κ1) is 14.5. The molecule has 2 aromatic rings. The van der Waals surface area contributed by atoms with Crippen LogP contribution in [0, 0.1) is 0 Å². The van der Waals surface area contributed by atoms with Crippen LogP contribution >= 0.6 is 11.6 Å². The van der Waals surface area contributed by atoms with Gasteiger partial charge in [-0.3, -0.25) is 0 Å². The summed E-state index contributed by atoms with van der Waals surface area (Å²) in [5.41, 5.74) is 1.73. The molecule has 0 unspecified atom stereocenters. The van der Waals surface area contributed by atoms with Gasteiger partial charge in [-0.15, -0.1) is 5.10 Å². The Balaban J connectivity index is 2.26. The molecule has 20 heavy (non-hydrogen) atoms. The van der Waals surface area contributed by atoms with Crippen molar-refractivity contribution in [2.75, 3.05) is 0 Å². The minimum absolute atomic E-state index is 0.0485. The Kier molecular flexibility index (Phi) is 4.74. The van der Waals surface area contributed by atoms with Crippen LogP contribution in [-0.4, -0.2) is 26.1 Å². The third-order valence-electron chi connectivity index (χ3n) is 3.05. The Bertz CT molecular complexity index is 593. The lowest BCUT2D eigenvalue weighted by molar-refractivity contribution is 0.0689. The van der Waals surface area contributed by atoms with Crippen molar-refractivity contribution < 1.29 is 9.90 Å². The third kappa shape index (κ3) is 3.36. The third-order valence-corrected chi connectivity index (χ3v) is 3.30. The predicted octanol–water partition coefficient (Wildman–Crippen LogP) is 3.02. The maximum Gasteiger partial charge on any atom is 0.358 e. The van der Waals surface area contributed by atoms with Crippen LogP contribution in [0.4, 0.5) is 0 Å². The highest BCUT2D eigenvalue weighted by Crippen LogP contribution is 2.14. The predicted molar refractivity (Wildman–Crippen MR) is 76.1 cm³/mol. The Hall–Kier alpha value is -1.88. The van der Waals surface area contributed by atoms with Crippen molar-refractivity contribution in [3.05, 3.63) is 46.2 Å². The van der Waals surface area contributed by atoms with Gasteiger partial charge in [0.15, 0.2) is 5.69 Å². The molecule has 6 heteroatoms. The molecule has 0 amide bonds. The fourth-order valence-electron chi connectivity index (χ4n) is 1.98. The van der Waals surface area contributed by atoms with Crippen LogP contribution in [0.5, 0.6) is 0 Å². The van der Waals surface area contributed by atoms with Crippen molar-refractivity contribution in [1.82, 2.24) is 15.0 Å². The molecule has 0 aliphatic heterocycles. The van der Waals surface area contributed by atoms with Gasteiger partial charge in [0.25, 0.3) is 0 Å². The number of carboxylic acids is 1. The number of aromatic carboxylic acids is 1. The lowest BCUT2D eigenvalue weighted by atomic mass is 10.1. The summed E-state index contributed by atoms with van der Waals surface area (Å²) in [6, 6.07) is 7.40. The second kappa shape index (κ2) is 6.52. The maximum absolute atomic E-state index is 11.2. The number of rotatable bonds is 6. The molecule has 0 bridgehead atoms. The van der Waals surface area contributed by atoms with Crippen LogP contribution in [0.25, 0.3) is 0 Å². The van der Waals surface area contributed by atoms with Gasteiger partial charge in [0.2, 0.25) is 0 Å². The van der Waals surface area contributed by atoms with Crippen molar-refractivity contribution >= 4 is 17.6 Å². The fourth-order valence-corrected chi connectivity index (χ4v) is 2.11. The molecule has 0 spiro atoms. The number of hydrogen-bond donors (Lipinski definition) is 1. The van der Waals surface area contributed by atoms with Gasteiger partial charge in [-0.25, -0.2) is 9.48 Å². The Morgan fingerprint density at radius 1 is 1.35 bits per heavy atom. The van der Waals surface area contributed by atoms with Crippen molar-refractivity contribution in [3.8, 4) is 0 Å². The van der Waals surface area contributed by atoms with Gasteiger partial charge >= 0.3 is 5.97 Å². The SMILES string of the molecule is CCCCc1c(C(=O)O)nnn1Cc1ccc(Cl)cc1. The molecule has 0 aliphatic carbocycles. The molecular formula is C14H16ClN3O2. The first-order valence-corrected chi connectivity index (χ1v) is 6.89. The van der Waals surface area contributed by atoms with E-state index in [0.717, 1.165) is 18.4 Å². The molecule has 1 N–H and O–H groups in total. The number of hydrogen-bond acceptors (Lipinski definition) is 3. The molecule has 0 saturated carbocycles. The van der Waals surface area contributed by atoms with Gasteiger partial charge < -0.3 is 5.11 Å². The Morgan fingerprint density at radius 3 is 2.65 bits per heavy atom. The largest absolute Gasteiger partial charge is 0.476 e. The van der Waals surface area contributed by atoms with Crippen LogP contribution in [0.3, 0.4) is 0 Å². The molecule has 2 rings (SSSR count). The summed E-state index contributed by atoms with van der Waals surface area (Å²) in [4.78, 5) is 11.2. The summed E-state index contributed by atoms with van der Waals surface area (Å²) in [7, 11) is 0. The van der Waals surface area contributed by atoms with Gasteiger partial charge in [0.1, 0.15) is 0 Å². The van der Waals surface area contributed by atoms with E-state index < -0.39 is 5.97 Å². The molecule has 0 radical (unpaired) electrons. The summed E-state index contributed by atoms with van der Waals surface area (Å²) in [6.45, 7) is 2.56. The van der Waals surface area contributed by atoms with Crippen molar-refractivity contribution in [2.45, 2.75) is 32.7 Å². The van der Waals surface area contributed by atoms with Gasteiger partial charge in [0, 0.05) is 5.02 Å². The van der Waals surface area contributed by atoms with E-state index in [9.17, 15) is 4.79 Å². The standard InChI is InChI=1S/C14H16ClN3O2/c1-2-3-4-12-13(14(19)20)16-17-18(12)9-10-5-7-11(15)8-6-10/h5-8H,2-4,9H2,1H3,(H,19,20). The minimum atomic E-state index is -1.03. The van der Waals surface area contributed by atoms with Crippen molar-refractivity contribution in [2.24, 2.45) is 0 Å². The second-order valence-corrected chi connectivity index (χ2v) is 5.01. The second-order valence-electron chi connectivity index (χ2n) is 4.58. The molecule has 1 aromatic carbocycles. The average molecular weight is 294 g/mol. The zero-order valence-electron chi connectivity index (χ0n) is 11.2. The average Bonchev–Trinajstić information content (AvgIpc) is 2.82. The summed E-state index contributed by atoms with van der Waals surface area (Å²) in [5, 5.41) is 17.5. The zero-order valence-corrected chi connectivity index (χ0v) is 12.0. The summed E-state index contributed by atoms with van der Waals surface area (Å²) < 4.78 is 1.66. The minimum Gasteiger partial charge on any atom is -0.476 e. The molecule has 0 fully saturated rings. The molecule has 0 atom stereocenters. The van der Waals surface area contributed by atoms with Crippen LogP contribution in [0.15, 0.2) is 24.3 Å². The van der Waals surface area contributed by atoms with E-state index >= 15 is 0 Å². The van der Waals surface area contributed by atoms with Gasteiger partial charge in [-0.1, -0.05) is 42.3 Å². The zero-order chi connectivity index (χ0) is 14.5. The van der Waals surface area contributed by atoms with Crippen molar-refractivity contribution in [3.63, 3.8) is 0 Å². The van der Waals surface area contributed by atoms with Crippen LogP contribution in [0.1, 0.15) is 41.5 Å². The maximum atomic E-state index is 11.2. The van der Waals surface area contributed by atoms with E-state index in [0.29, 0.717) is 23.7 Å². The first-order valence-electron chi connectivity index (χ1n) is 6.52. The van der Waals surface area contributed by atoms with E-state index in [1.54, 1.807) is 16.8 Å². The number of carbonyl (C=O) groups is 1. The molecule has 1 heterocycles.